The number of anilines is 3. The molecule has 0 spiro atoms. The van der Waals surface area contributed by atoms with Crippen molar-refractivity contribution in [1.82, 2.24) is 29.3 Å². The Kier molecular flexibility index (Phi) is 6.84. The molecule has 3 aliphatic carbocycles. The van der Waals surface area contributed by atoms with Crippen LogP contribution in [0.5, 0.6) is 0 Å². The van der Waals surface area contributed by atoms with Crippen LogP contribution < -0.4 is 15.4 Å². The number of carbonyl (C=O) groups is 1. The first-order valence-corrected chi connectivity index (χ1v) is 15.1. The molecular weight excluding hydrogens is 595 g/mol. The molecule has 0 radical (unpaired) electrons. The van der Waals surface area contributed by atoms with Gasteiger partial charge < -0.3 is 10.6 Å². The smallest absolute Gasteiger partial charge is 0.282 e. The summed E-state index contributed by atoms with van der Waals surface area (Å²) in [7, 11) is -2.78. The number of aromatic nitrogens is 5. The number of thiophene rings is 1. The molecule has 222 valence electrons. The molecule has 1 unspecified atom stereocenters. The van der Waals surface area contributed by atoms with Crippen molar-refractivity contribution < 1.29 is 35.2 Å². The molecule has 0 bridgehead atoms. The van der Waals surface area contributed by atoms with Crippen LogP contribution in [0.15, 0.2) is 17.3 Å². The zero-order valence-electron chi connectivity index (χ0n) is 21.5. The SMILES string of the molecule is Cn1nc(C(F)F)cc1Nc1nncn1[C@H]1CCc2sc(NC(=O)C3CC3(F)F)c(S(=O)(=O)NC3CC(F)C3)c2C1. The second-order valence-corrected chi connectivity index (χ2v) is 13.3. The van der Waals surface area contributed by atoms with E-state index in [9.17, 15) is 35.2 Å². The van der Waals surface area contributed by atoms with Crippen LogP contribution in [0.2, 0.25) is 0 Å². The van der Waals surface area contributed by atoms with E-state index < -0.39 is 58.5 Å². The summed E-state index contributed by atoms with van der Waals surface area (Å²) in [6, 6.07) is 0.187. The minimum Gasteiger partial charge on any atom is -0.316 e. The van der Waals surface area contributed by atoms with Gasteiger partial charge in [0, 0.05) is 36.5 Å². The number of nitrogens with one attached hydrogen (secondary N) is 3. The van der Waals surface area contributed by atoms with Crippen LogP contribution in [0.3, 0.4) is 0 Å². The van der Waals surface area contributed by atoms with Crippen LogP contribution >= 0.6 is 11.3 Å². The minimum atomic E-state index is -4.26. The fraction of sp³-hybridized carbons (Fsp3) is 0.565. The maximum atomic E-state index is 13.6. The van der Waals surface area contributed by atoms with E-state index in [0.717, 1.165) is 11.3 Å². The van der Waals surface area contributed by atoms with Crippen molar-refractivity contribution in [3.05, 3.63) is 28.5 Å². The molecule has 41 heavy (non-hydrogen) atoms. The lowest BCUT2D eigenvalue weighted by Gasteiger charge is -2.30. The molecule has 2 atom stereocenters. The Morgan fingerprint density at radius 2 is 2.00 bits per heavy atom. The van der Waals surface area contributed by atoms with Gasteiger partial charge in [-0.2, -0.15) is 5.10 Å². The highest BCUT2D eigenvalue weighted by molar-refractivity contribution is 7.90. The number of carbonyl (C=O) groups excluding carboxylic acids is 1. The highest BCUT2D eigenvalue weighted by Crippen LogP contribution is 2.50. The summed E-state index contributed by atoms with van der Waals surface area (Å²) in [4.78, 5) is 13.0. The summed E-state index contributed by atoms with van der Waals surface area (Å²) < 4.78 is 99.2. The number of fused-ring (bicyclic) bond motifs is 1. The molecule has 3 heterocycles. The van der Waals surface area contributed by atoms with E-state index >= 15 is 0 Å². The molecule has 0 aromatic carbocycles. The van der Waals surface area contributed by atoms with E-state index in [1.165, 1.54) is 24.1 Å². The van der Waals surface area contributed by atoms with Crippen LogP contribution in [0.25, 0.3) is 0 Å². The second kappa shape index (κ2) is 10.0. The third kappa shape index (κ3) is 5.31. The Morgan fingerprint density at radius 3 is 2.63 bits per heavy atom. The quantitative estimate of drug-likeness (QED) is 0.309. The van der Waals surface area contributed by atoms with Crippen LogP contribution in [-0.4, -0.2) is 57.0 Å². The first kappa shape index (κ1) is 28.0. The summed E-state index contributed by atoms with van der Waals surface area (Å²) in [6.45, 7) is 0. The number of sulfonamides is 1. The number of hydrogen-bond acceptors (Lipinski definition) is 8. The Morgan fingerprint density at radius 1 is 1.27 bits per heavy atom. The molecule has 18 heteroatoms. The molecule has 2 fully saturated rings. The summed E-state index contributed by atoms with van der Waals surface area (Å²) in [5, 5.41) is 17.0. The van der Waals surface area contributed by atoms with Crippen molar-refractivity contribution in [3.63, 3.8) is 0 Å². The zero-order valence-corrected chi connectivity index (χ0v) is 23.1. The Bertz CT molecular complexity index is 1600. The van der Waals surface area contributed by atoms with Crippen molar-refractivity contribution >= 4 is 44.0 Å². The summed E-state index contributed by atoms with van der Waals surface area (Å²) in [6.07, 6.45) is -1.96. The maximum Gasteiger partial charge on any atom is 0.282 e. The van der Waals surface area contributed by atoms with E-state index in [4.69, 9.17) is 0 Å². The van der Waals surface area contributed by atoms with Gasteiger partial charge in [-0.1, -0.05) is 0 Å². The molecule has 2 saturated carbocycles. The first-order chi connectivity index (χ1) is 19.3. The highest BCUT2D eigenvalue weighted by Gasteiger charge is 2.61. The molecule has 3 aliphatic rings. The summed E-state index contributed by atoms with van der Waals surface area (Å²) in [5.74, 6) is -5.16. The van der Waals surface area contributed by atoms with Gasteiger partial charge in [0.1, 0.15) is 39.8 Å². The summed E-state index contributed by atoms with van der Waals surface area (Å²) in [5.41, 5.74) is -0.0130. The fourth-order valence-corrected chi connectivity index (χ4v) is 8.43. The highest BCUT2D eigenvalue weighted by atomic mass is 32.2. The molecule has 0 aliphatic heterocycles. The number of nitrogens with zero attached hydrogens (tertiary/aromatic N) is 5. The van der Waals surface area contributed by atoms with Gasteiger partial charge in [0.05, 0.1) is 0 Å². The van der Waals surface area contributed by atoms with E-state index in [0.29, 0.717) is 23.3 Å². The monoisotopic (exact) mass is 620 g/mol. The molecule has 6 rings (SSSR count). The van der Waals surface area contributed by atoms with E-state index in [1.54, 1.807) is 4.57 Å². The number of halogens is 5. The Labute approximate surface area is 234 Å². The van der Waals surface area contributed by atoms with Crippen molar-refractivity contribution in [2.75, 3.05) is 10.6 Å². The number of hydrogen-bond donors (Lipinski definition) is 3. The number of amides is 1. The lowest BCUT2D eigenvalue weighted by molar-refractivity contribution is -0.119. The van der Waals surface area contributed by atoms with Crippen LogP contribution in [0, 0.1) is 5.92 Å². The maximum absolute atomic E-state index is 13.6. The van der Waals surface area contributed by atoms with Crippen molar-refractivity contribution in [1.29, 1.82) is 0 Å². The Balaban J connectivity index is 1.30. The van der Waals surface area contributed by atoms with Gasteiger partial charge in [-0.15, -0.1) is 21.5 Å². The molecule has 3 aromatic rings. The topological polar surface area (TPSA) is 136 Å². The van der Waals surface area contributed by atoms with Gasteiger partial charge >= 0.3 is 0 Å². The fourth-order valence-electron chi connectivity index (χ4n) is 5.19. The Hall–Kier alpha value is -3.12. The molecule has 11 nitrogen and oxygen atoms in total. The van der Waals surface area contributed by atoms with Crippen LogP contribution in [-0.2, 0) is 34.7 Å². The number of alkyl halides is 5. The average molecular weight is 621 g/mol. The van der Waals surface area contributed by atoms with Crippen molar-refractivity contribution in [3.8, 4) is 0 Å². The molecule has 3 aromatic heterocycles. The summed E-state index contributed by atoms with van der Waals surface area (Å²) >= 11 is 1.02. The van der Waals surface area contributed by atoms with Crippen molar-refractivity contribution in [2.45, 2.75) is 74.0 Å². The second-order valence-electron chi connectivity index (χ2n) is 10.5. The lowest BCUT2D eigenvalue weighted by Crippen LogP contribution is -2.45. The van der Waals surface area contributed by atoms with Gasteiger partial charge in [-0.3, -0.25) is 14.0 Å². The van der Waals surface area contributed by atoms with E-state index in [-0.39, 0.29) is 47.0 Å². The molecule has 1 amide bonds. The third-order valence-electron chi connectivity index (χ3n) is 7.57. The largest absolute Gasteiger partial charge is 0.316 e. The number of rotatable bonds is 9. The molecule has 0 saturated heterocycles. The lowest BCUT2D eigenvalue weighted by atomic mass is 9.92. The van der Waals surface area contributed by atoms with E-state index in [2.05, 4.69) is 30.7 Å². The minimum absolute atomic E-state index is 0.0151. The number of aryl methyl sites for hydroxylation is 2. The van der Waals surface area contributed by atoms with E-state index in [1.807, 2.05) is 0 Å². The predicted molar refractivity (Wildman–Crippen MR) is 137 cm³/mol. The van der Waals surface area contributed by atoms with Crippen LogP contribution in [0.1, 0.15) is 54.3 Å². The molecule has 3 N–H and O–H groups in total. The predicted octanol–water partition coefficient (Wildman–Crippen LogP) is 3.86. The van der Waals surface area contributed by atoms with Gasteiger partial charge in [0.15, 0.2) is 0 Å². The van der Waals surface area contributed by atoms with Crippen LogP contribution in [0.4, 0.5) is 38.7 Å². The van der Waals surface area contributed by atoms with Crippen molar-refractivity contribution in [2.24, 2.45) is 13.0 Å². The average Bonchev–Trinajstić information content (AvgIpc) is 3.25. The van der Waals surface area contributed by atoms with Gasteiger partial charge in [-0.05, 0) is 37.7 Å². The first-order valence-electron chi connectivity index (χ1n) is 12.8. The standard InChI is InChI=1S/C23H25F5N8O3S2/c1-35-17(7-15(33-35)19(25)26)30-22-32-29-9-36(22)12-2-3-16-13(6-12)18(41(38,39)34-11-4-10(24)5-11)21(40-16)31-20(37)14-8-23(14,27)28/h7,9-12,14,19,34H,2-6,8H2,1H3,(H,30,32)(H,31,37)/t10?,11?,12-,14?/m0/s1. The van der Waals surface area contributed by atoms with Gasteiger partial charge in [-0.25, -0.2) is 35.1 Å². The normalized spacial score (nSPS) is 25.0. The third-order valence-corrected chi connectivity index (χ3v) is 10.5. The van der Waals surface area contributed by atoms with Gasteiger partial charge in [0.2, 0.25) is 21.9 Å². The van der Waals surface area contributed by atoms with Gasteiger partial charge in [0.25, 0.3) is 12.3 Å². The molecular formula is C23H25F5N8O3S2. The zero-order chi connectivity index (χ0) is 29.3.